The first-order valence-electron chi connectivity index (χ1n) is 9.17. The van der Waals surface area contributed by atoms with Crippen LogP contribution < -0.4 is 5.32 Å². The van der Waals surface area contributed by atoms with Crippen LogP contribution >= 0.6 is 0 Å². The van der Waals surface area contributed by atoms with Crippen molar-refractivity contribution in [3.05, 3.63) is 66.1 Å². The van der Waals surface area contributed by atoms with E-state index in [1.54, 1.807) is 29.2 Å². The minimum atomic E-state index is -0.231. The van der Waals surface area contributed by atoms with Crippen LogP contribution in [0.3, 0.4) is 0 Å². The molecule has 1 N–H and O–H groups in total. The molecule has 1 aliphatic rings. The van der Waals surface area contributed by atoms with Gasteiger partial charge in [-0.2, -0.15) is 0 Å². The number of para-hydroxylation sites is 2. The zero-order valence-electron chi connectivity index (χ0n) is 14.9. The third-order valence-corrected chi connectivity index (χ3v) is 4.94. The molecular formula is C21H21N3O3. The Morgan fingerprint density at radius 3 is 2.48 bits per heavy atom. The van der Waals surface area contributed by atoms with Gasteiger partial charge in [0.2, 0.25) is 5.91 Å². The fourth-order valence-electron chi connectivity index (χ4n) is 3.40. The number of hydrogen-bond acceptors (Lipinski definition) is 4. The molecule has 0 aliphatic carbocycles. The van der Waals surface area contributed by atoms with Crippen molar-refractivity contribution < 1.29 is 14.0 Å². The summed E-state index contributed by atoms with van der Waals surface area (Å²) in [6, 6.07) is 16.6. The Kier molecular flexibility index (Phi) is 4.87. The highest BCUT2D eigenvalue weighted by Gasteiger charge is 2.27. The summed E-state index contributed by atoms with van der Waals surface area (Å²) < 4.78 is 5.86. The van der Waals surface area contributed by atoms with Gasteiger partial charge in [-0.1, -0.05) is 30.3 Å². The fraction of sp³-hybridized carbons (Fsp3) is 0.286. The summed E-state index contributed by atoms with van der Waals surface area (Å²) in [6.07, 6.45) is 1.62. The number of oxazole rings is 1. The van der Waals surface area contributed by atoms with Crippen LogP contribution in [0.5, 0.6) is 0 Å². The molecule has 6 heteroatoms. The summed E-state index contributed by atoms with van der Waals surface area (Å²) in [7, 11) is 0. The number of aromatic nitrogens is 1. The normalized spacial score (nSPS) is 15.0. The van der Waals surface area contributed by atoms with Crippen LogP contribution in [0.4, 0.5) is 0 Å². The molecule has 138 valence electrons. The van der Waals surface area contributed by atoms with Crippen molar-refractivity contribution in [3.63, 3.8) is 0 Å². The van der Waals surface area contributed by atoms with E-state index in [1.807, 2.05) is 30.3 Å². The number of hydrogen-bond donors (Lipinski definition) is 1. The van der Waals surface area contributed by atoms with E-state index in [0.29, 0.717) is 18.7 Å². The van der Waals surface area contributed by atoms with E-state index in [4.69, 9.17) is 4.42 Å². The molecule has 0 saturated carbocycles. The van der Waals surface area contributed by atoms with Gasteiger partial charge in [-0.3, -0.25) is 9.59 Å². The number of carbonyl (C=O) groups excluding carboxylic acids is 2. The third kappa shape index (κ3) is 3.84. The van der Waals surface area contributed by atoms with Gasteiger partial charge in [0.1, 0.15) is 5.52 Å². The molecule has 1 aliphatic heterocycles. The zero-order chi connectivity index (χ0) is 18.6. The number of likely N-dealkylation sites (tertiary alicyclic amines) is 1. The molecule has 2 amide bonds. The van der Waals surface area contributed by atoms with Gasteiger partial charge in [-0.05, 0) is 37.1 Å². The topological polar surface area (TPSA) is 75.4 Å². The Morgan fingerprint density at radius 2 is 1.74 bits per heavy atom. The van der Waals surface area contributed by atoms with Crippen molar-refractivity contribution in [2.24, 2.45) is 0 Å². The summed E-state index contributed by atoms with van der Waals surface area (Å²) in [4.78, 5) is 30.8. The molecule has 0 atom stereocenters. The van der Waals surface area contributed by atoms with Crippen molar-refractivity contribution in [2.75, 3.05) is 19.6 Å². The van der Waals surface area contributed by atoms with Gasteiger partial charge in [-0.15, -0.1) is 0 Å². The van der Waals surface area contributed by atoms with Gasteiger partial charge in [-0.25, -0.2) is 4.98 Å². The lowest BCUT2D eigenvalue weighted by atomic mass is 9.97. The summed E-state index contributed by atoms with van der Waals surface area (Å²) >= 11 is 0. The Bertz CT molecular complexity index is 910. The molecule has 1 aromatic heterocycles. The highest BCUT2D eigenvalue weighted by atomic mass is 16.3. The molecule has 4 rings (SSSR count). The van der Waals surface area contributed by atoms with Gasteiger partial charge in [0.25, 0.3) is 5.91 Å². The molecule has 27 heavy (non-hydrogen) atoms. The molecule has 0 spiro atoms. The van der Waals surface area contributed by atoms with E-state index in [1.165, 1.54) is 0 Å². The van der Waals surface area contributed by atoms with Gasteiger partial charge >= 0.3 is 0 Å². The molecule has 0 bridgehead atoms. The van der Waals surface area contributed by atoms with Crippen molar-refractivity contribution in [2.45, 2.75) is 18.8 Å². The van der Waals surface area contributed by atoms with E-state index in [-0.39, 0.29) is 24.3 Å². The molecule has 1 fully saturated rings. The lowest BCUT2D eigenvalue weighted by Gasteiger charge is -2.30. The standard InChI is InChI=1S/C21H21N3O3/c25-19(14-22-20(26)15-6-2-1-3-7-15)24-12-10-16(11-13-24)21-23-17-8-4-5-9-18(17)27-21/h1-9,16H,10-14H2,(H,22,26). The third-order valence-electron chi connectivity index (χ3n) is 4.94. The molecule has 2 heterocycles. The highest BCUT2D eigenvalue weighted by Crippen LogP contribution is 2.29. The lowest BCUT2D eigenvalue weighted by molar-refractivity contribution is -0.131. The summed E-state index contributed by atoms with van der Waals surface area (Å²) in [5, 5.41) is 2.70. The average molecular weight is 363 g/mol. The zero-order valence-corrected chi connectivity index (χ0v) is 14.9. The molecule has 6 nitrogen and oxygen atoms in total. The first kappa shape index (κ1) is 17.3. The minimum absolute atomic E-state index is 0.0152. The van der Waals surface area contributed by atoms with Crippen molar-refractivity contribution in [3.8, 4) is 0 Å². The van der Waals surface area contributed by atoms with Crippen LogP contribution in [-0.4, -0.2) is 41.3 Å². The second kappa shape index (κ2) is 7.61. The minimum Gasteiger partial charge on any atom is -0.440 e. The van der Waals surface area contributed by atoms with Gasteiger partial charge in [0.15, 0.2) is 11.5 Å². The molecule has 0 radical (unpaired) electrons. The SMILES string of the molecule is O=C(NCC(=O)N1CCC(c2nc3ccccc3o2)CC1)c1ccccc1. The Labute approximate surface area is 157 Å². The Hall–Kier alpha value is -3.15. The first-order valence-corrected chi connectivity index (χ1v) is 9.17. The predicted molar refractivity (Wildman–Crippen MR) is 101 cm³/mol. The van der Waals surface area contributed by atoms with Gasteiger partial charge in [0.05, 0.1) is 6.54 Å². The quantitative estimate of drug-likeness (QED) is 0.773. The van der Waals surface area contributed by atoms with Crippen LogP contribution in [0.2, 0.25) is 0 Å². The van der Waals surface area contributed by atoms with Crippen LogP contribution in [0.25, 0.3) is 11.1 Å². The molecule has 2 aromatic carbocycles. The summed E-state index contributed by atoms with van der Waals surface area (Å²) in [5.41, 5.74) is 2.23. The number of carbonyl (C=O) groups is 2. The molecule has 0 unspecified atom stereocenters. The largest absolute Gasteiger partial charge is 0.440 e. The van der Waals surface area contributed by atoms with Gasteiger partial charge in [0, 0.05) is 24.6 Å². The summed E-state index contributed by atoms with van der Waals surface area (Å²) in [6.45, 7) is 1.30. The number of fused-ring (bicyclic) bond motifs is 1. The molecule has 3 aromatic rings. The first-order chi connectivity index (χ1) is 13.2. The Morgan fingerprint density at radius 1 is 1.04 bits per heavy atom. The number of amides is 2. The van der Waals surface area contributed by atoms with Crippen LogP contribution in [0.15, 0.2) is 59.0 Å². The fourth-order valence-corrected chi connectivity index (χ4v) is 3.40. The van der Waals surface area contributed by atoms with E-state index >= 15 is 0 Å². The molecular weight excluding hydrogens is 342 g/mol. The molecule has 1 saturated heterocycles. The number of nitrogens with one attached hydrogen (secondary N) is 1. The maximum Gasteiger partial charge on any atom is 0.251 e. The second-order valence-corrected chi connectivity index (χ2v) is 6.72. The predicted octanol–water partition coefficient (Wildman–Crippen LogP) is 2.96. The van der Waals surface area contributed by atoms with Crippen molar-refractivity contribution in [1.29, 1.82) is 0 Å². The van der Waals surface area contributed by atoms with E-state index < -0.39 is 0 Å². The van der Waals surface area contributed by atoms with Crippen LogP contribution in [0, 0.1) is 0 Å². The van der Waals surface area contributed by atoms with Crippen LogP contribution in [-0.2, 0) is 4.79 Å². The highest BCUT2D eigenvalue weighted by molar-refractivity contribution is 5.96. The maximum absolute atomic E-state index is 12.4. The van der Waals surface area contributed by atoms with E-state index in [2.05, 4.69) is 10.3 Å². The monoisotopic (exact) mass is 363 g/mol. The number of piperidine rings is 1. The van der Waals surface area contributed by atoms with Crippen LogP contribution in [0.1, 0.15) is 35.0 Å². The number of nitrogens with zero attached hydrogens (tertiary/aromatic N) is 2. The summed E-state index contributed by atoms with van der Waals surface area (Å²) in [5.74, 6) is 0.682. The maximum atomic E-state index is 12.4. The van der Waals surface area contributed by atoms with Gasteiger partial charge < -0.3 is 14.6 Å². The van der Waals surface area contributed by atoms with Crippen molar-refractivity contribution in [1.82, 2.24) is 15.2 Å². The average Bonchev–Trinajstić information content (AvgIpc) is 3.17. The van der Waals surface area contributed by atoms with Crippen molar-refractivity contribution >= 4 is 22.9 Å². The smallest absolute Gasteiger partial charge is 0.251 e. The second-order valence-electron chi connectivity index (χ2n) is 6.72. The number of benzene rings is 2. The number of rotatable bonds is 4. The van der Waals surface area contributed by atoms with E-state index in [0.717, 1.165) is 29.8 Å². The lowest BCUT2D eigenvalue weighted by Crippen LogP contribution is -2.43. The Balaban J connectivity index is 1.29. The van der Waals surface area contributed by atoms with E-state index in [9.17, 15) is 9.59 Å².